The van der Waals surface area contributed by atoms with Gasteiger partial charge in [0, 0.05) is 49.9 Å². The molecule has 1 atom stereocenters. The van der Waals surface area contributed by atoms with E-state index in [4.69, 9.17) is 4.98 Å². The second kappa shape index (κ2) is 8.10. The van der Waals surface area contributed by atoms with Crippen LogP contribution >= 0.6 is 0 Å². The van der Waals surface area contributed by atoms with Crippen LogP contribution in [0.3, 0.4) is 0 Å². The maximum absolute atomic E-state index is 4.83. The van der Waals surface area contributed by atoms with Gasteiger partial charge in [0.05, 0.1) is 11.4 Å². The fourth-order valence-corrected chi connectivity index (χ4v) is 3.57. The average Bonchev–Trinajstić information content (AvgIpc) is 2.66. The van der Waals surface area contributed by atoms with E-state index in [1.54, 1.807) is 0 Å². The number of anilines is 2. The Bertz CT molecular complexity index is 857. The first-order chi connectivity index (χ1) is 12.7. The van der Waals surface area contributed by atoms with E-state index < -0.39 is 0 Å². The van der Waals surface area contributed by atoms with Crippen LogP contribution in [0, 0.1) is 24.7 Å². The highest BCUT2D eigenvalue weighted by atomic mass is 15.1. The molecule has 1 aliphatic rings. The van der Waals surface area contributed by atoms with Crippen LogP contribution in [-0.2, 0) is 6.42 Å². The van der Waals surface area contributed by atoms with E-state index in [1.807, 2.05) is 26.2 Å². The van der Waals surface area contributed by atoms with Gasteiger partial charge >= 0.3 is 0 Å². The summed E-state index contributed by atoms with van der Waals surface area (Å²) in [5.41, 5.74) is 7.17. The summed E-state index contributed by atoms with van der Waals surface area (Å²) in [6, 6.07) is 8.75. The Hall–Kier alpha value is -2.73. The van der Waals surface area contributed by atoms with Crippen LogP contribution in [0.5, 0.6) is 0 Å². The van der Waals surface area contributed by atoms with E-state index in [0.29, 0.717) is 5.92 Å². The highest BCUT2D eigenvalue weighted by Crippen LogP contribution is 2.34. The van der Waals surface area contributed by atoms with Crippen molar-refractivity contribution in [1.29, 1.82) is 0 Å². The second-order valence-corrected chi connectivity index (χ2v) is 6.79. The number of fused-ring (bicyclic) bond motifs is 1. The van der Waals surface area contributed by atoms with Crippen LogP contribution in [0.15, 0.2) is 43.1 Å². The smallest absolute Gasteiger partial charge is 0.0650 e. The van der Waals surface area contributed by atoms with E-state index in [9.17, 15) is 0 Å². The molecule has 0 bridgehead atoms. The van der Waals surface area contributed by atoms with Crippen molar-refractivity contribution < 1.29 is 0 Å². The Labute approximate surface area is 157 Å². The first-order valence-electron chi connectivity index (χ1n) is 9.22. The van der Waals surface area contributed by atoms with Gasteiger partial charge in [-0.05, 0) is 49.6 Å². The number of nitrogens with zero attached hydrogens (tertiary/aromatic N) is 2. The molecule has 0 amide bonds. The zero-order valence-electron chi connectivity index (χ0n) is 16.0. The molecule has 1 aliphatic heterocycles. The summed E-state index contributed by atoms with van der Waals surface area (Å²) in [6.07, 6.45) is 5.88. The van der Waals surface area contributed by atoms with Gasteiger partial charge in [-0.3, -0.25) is 4.98 Å². The van der Waals surface area contributed by atoms with Gasteiger partial charge in [0.25, 0.3) is 0 Å². The minimum absolute atomic E-state index is 0.352. The van der Waals surface area contributed by atoms with E-state index in [0.717, 1.165) is 37.3 Å². The van der Waals surface area contributed by atoms with Crippen LogP contribution in [0.4, 0.5) is 11.4 Å². The first kappa shape index (κ1) is 18.1. The van der Waals surface area contributed by atoms with Crippen molar-refractivity contribution >= 4 is 11.4 Å². The number of benzene rings is 1. The zero-order valence-corrected chi connectivity index (χ0v) is 16.0. The largest absolute Gasteiger partial charge is 0.388 e. The van der Waals surface area contributed by atoms with Gasteiger partial charge in [-0.1, -0.05) is 18.1 Å². The summed E-state index contributed by atoms with van der Waals surface area (Å²) < 4.78 is 0. The van der Waals surface area contributed by atoms with E-state index in [2.05, 4.69) is 59.8 Å². The molecule has 0 saturated carbocycles. The normalized spacial score (nSPS) is 15.7. The van der Waals surface area contributed by atoms with Crippen LogP contribution in [0.25, 0.3) is 11.1 Å². The highest BCUT2D eigenvalue weighted by molar-refractivity contribution is 5.74. The van der Waals surface area contributed by atoms with Crippen LogP contribution in [0.1, 0.15) is 24.6 Å². The van der Waals surface area contributed by atoms with Crippen molar-refractivity contribution in [2.75, 3.05) is 30.4 Å². The Kier molecular flexibility index (Phi) is 5.63. The third kappa shape index (κ3) is 3.75. The second-order valence-electron chi connectivity index (χ2n) is 6.79. The molecule has 3 heteroatoms. The summed E-state index contributed by atoms with van der Waals surface area (Å²) in [7, 11) is 1.95. The van der Waals surface area contributed by atoms with Crippen molar-refractivity contribution in [2.24, 2.45) is 5.92 Å². The number of aryl methyl sites for hydroxylation is 1. The molecule has 0 saturated heterocycles. The van der Waals surface area contributed by atoms with Crippen molar-refractivity contribution in [3.8, 4) is 23.0 Å². The summed E-state index contributed by atoms with van der Waals surface area (Å²) in [4.78, 5) is 7.25. The molecule has 3 nitrogen and oxygen atoms in total. The molecule has 0 aliphatic carbocycles. The minimum Gasteiger partial charge on any atom is -0.388 e. The molecular formula is C23H27N3. The Morgan fingerprint density at radius 3 is 2.96 bits per heavy atom. The lowest BCUT2D eigenvalue weighted by molar-refractivity contribution is 0.587. The quantitative estimate of drug-likeness (QED) is 0.630. The van der Waals surface area contributed by atoms with Gasteiger partial charge < -0.3 is 10.2 Å². The summed E-state index contributed by atoms with van der Waals surface area (Å²) >= 11 is 0. The zero-order chi connectivity index (χ0) is 18.5. The molecule has 26 heavy (non-hydrogen) atoms. The van der Waals surface area contributed by atoms with E-state index in [-0.39, 0.29) is 0 Å². The monoisotopic (exact) mass is 345 g/mol. The van der Waals surface area contributed by atoms with Gasteiger partial charge in [-0.15, -0.1) is 12.5 Å². The highest BCUT2D eigenvalue weighted by Gasteiger charge is 2.24. The molecule has 1 aromatic carbocycles. The van der Waals surface area contributed by atoms with Crippen molar-refractivity contribution in [2.45, 2.75) is 26.7 Å². The van der Waals surface area contributed by atoms with Gasteiger partial charge in [-0.2, -0.15) is 0 Å². The van der Waals surface area contributed by atoms with Crippen molar-refractivity contribution in [3.05, 3.63) is 54.4 Å². The number of nitrogens with one attached hydrogen (secondary N) is 1. The Morgan fingerprint density at radius 1 is 1.38 bits per heavy atom. The number of aromatic nitrogens is 1. The van der Waals surface area contributed by atoms with Crippen LogP contribution in [-0.4, -0.2) is 25.1 Å². The third-order valence-electron chi connectivity index (χ3n) is 4.96. The summed E-state index contributed by atoms with van der Waals surface area (Å²) in [6.45, 7) is 9.86. The average molecular weight is 345 g/mol. The van der Waals surface area contributed by atoms with Crippen molar-refractivity contribution in [1.82, 2.24) is 4.98 Å². The minimum atomic E-state index is 0.352. The molecule has 0 radical (unpaired) electrons. The van der Waals surface area contributed by atoms with Gasteiger partial charge in [-0.25, -0.2) is 0 Å². The molecule has 1 unspecified atom stereocenters. The predicted molar refractivity (Wildman–Crippen MR) is 112 cm³/mol. The number of hydrogen-bond donors (Lipinski definition) is 1. The number of hydrogen-bond acceptors (Lipinski definition) is 3. The van der Waals surface area contributed by atoms with Gasteiger partial charge in [0.2, 0.25) is 0 Å². The molecular weight excluding hydrogens is 318 g/mol. The lowest BCUT2D eigenvalue weighted by Gasteiger charge is -2.34. The molecule has 1 aromatic heterocycles. The predicted octanol–water partition coefficient (Wildman–Crippen LogP) is 4.68. The molecule has 2 heterocycles. The summed E-state index contributed by atoms with van der Waals surface area (Å²) in [5, 5.41) is 3.23. The SMILES string of the molecule is C=CCCN1CC(C#CC)Cc2ncc(-c3cc(NC)ccc3C)cc21. The Balaban J connectivity index is 2.02. The Morgan fingerprint density at radius 2 is 2.23 bits per heavy atom. The molecule has 134 valence electrons. The number of pyridine rings is 1. The fraction of sp³-hybridized carbons (Fsp3) is 0.348. The molecule has 0 spiro atoms. The standard InChI is InChI=1S/C23H27N3/c1-5-7-11-26-16-18(8-6-2)12-22-23(26)13-19(15-25-22)21-14-20(24-4)10-9-17(21)3/h5,9-10,13-15,18,24H,1,7,11-12,16H2,2-4H3. The maximum Gasteiger partial charge on any atom is 0.0650 e. The maximum atomic E-state index is 4.83. The van der Waals surface area contributed by atoms with Gasteiger partial charge in [0.15, 0.2) is 0 Å². The van der Waals surface area contributed by atoms with Gasteiger partial charge in [0.1, 0.15) is 0 Å². The molecule has 2 aromatic rings. The lowest BCUT2D eigenvalue weighted by Crippen LogP contribution is -2.36. The van der Waals surface area contributed by atoms with E-state index in [1.165, 1.54) is 22.4 Å². The van der Waals surface area contributed by atoms with E-state index >= 15 is 0 Å². The fourth-order valence-electron chi connectivity index (χ4n) is 3.57. The number of rotatable bonds is 5. The van der Waals surface area contributed by atoms with Crippen LogP contribution in [0.2, 0.25) is 0 Å². The third-order valence-corrected chi connectivity index (χ3v) is 4.96. The van der Waals surface area contributed by atoms with Crippen molar-refractivity contribution in [3.63, 3.8) is 0 Å². The first-order valence-corrected chi connectivity index (χ1v) is 9.22. The molecule has 0 fully saturated rings. The topological polar surface area (TPSA) is 28.2 Å². The summed E-state index contributed by atoms with van der Waals surface area (Å²) in [5.74, 6) is 6.76. The van der Waals surface area contributed by atoms with Crippen LogP contribution < -0.4 is 10.2 Å². The molecule has 3 rings (SSSR count). The molecule has 1 N–H and O–H groups in total. The lowest BCUT2D eigenvalue weighted by atomic mass is 9.94.